The molecule has 1 fully saturated rings. The molecule has 0 spiro atoms. The molecule has 4 nitrogen and oxygen atoms in total. The van der Waals surface area contributed by atoms with Crippen LogP contribution >= 0.6 is 11.6 Å². The molecule has 164 valence electrons. The molecule has 32 heavy (non-hydrogen) atoms. The van der Waals surface area contributed by atoms with E-state index < -0.39 is 0 Å². The van der Waals surface area contributed by atoms with Crippen LogP contribution in [0.15, 0.2) is 60.9 Å². The number of hydrogen-bond acceptors (Lipinski definition) is 3. The summed E-state index contributed by atoms with van der Waals surface area (Å²) in [5.74, 6) is 1.82. The molecule has 0 saturated carbocycles. The minimum Gasteiger partial charge on any atom is -0.497 e. The molecule has 0 radical (unpaired) electrons. The fraction of sp³-hybridized carbons (Fsp3) is 0.296. The first-order valence-corrected chi connectivity index (χ1v) is 11.6. The summed E-state index contributed by atoms with van der Waals surface area (Å²) in [5.41, 5.74) is 6.76. The Morgan fingerprint density at radius 3 is 2.62 bits per heavy atom. The number of aromatic nitrogens is 2. The first kappa shape index (κ1) is 21.0. The number of nitrogens with one attached hydrogen (secondary N) is 2. The highest BCUT2D eigenvalue weighted by molar-refractivity contribution is 6.36. The molecule has 0 bridgehead atoms. The summed E-state index contributed by atoms with van der Waals surface area (Å²) in [7, 11) is 1.68. The number of fused-ring (bicyclic) bond motifs is 1. The van der Waals surface area contributed by atoms with Crippen molar-refractivity contribution in [3.8, 4) is 28.0 Å². The van der Waals surface area contributed by atoms with Crippen molar-refractivity contribution < 1.29 is 4.74 Å². The average molecular weight is 446 g/mol. The van der Waals surface area contributed by atoms with E-state index in [1.165, 1.54) is 24.1 Å². The molecule has 1 aliphatic rings. The largest absolute Gasteiger partial charge is 0.497 e. The fourth-order valence-electron chi connectivity index (χ4n) is 4.93. The molecule has 2 N–H and O–H groups in total. The molecular weight excluding hydrogens is 418 g/mol. The van der Waals surface area contributed by atoms with E-state index in [1.54, 1.807) is 7.11 Å². The Labute approximate surface area is 194 Å². The van der Waals surface area contributed by atoms with Gasteiger partial charge in [0.2, 0.25) is 0 Å². The molecule has 5 heteroatoms. The Kier molecular flexibility index (Phi) is 5.90. The van der Waals surface area contributed by atoms with Crippen LogP contribution in [-0.4, -0.2) is 30.2 Å². The molecule has 0 amide bonds. The number of H-pyrrole nitrogens is 1. The molecule has 1 aliphatic heterocycles. The van der Waals surface area contributed by atoms with Crippen molar-refractivity contribution in [2.45, 2.75) is 25.7 Å². The minimum absolute atomic E-state index is 0.380. The number of nitrogens with zero attached hydrogens (tertiary/aromatic N) is 1. The molecule has 0 aliphatic carbocycles. The van der Waals surface area contributed by atoms with Crippen LogP contribution in [0.4, 0.5) is 0 Å². The molecular formula is C27H28ClN3O. The summed E-state index contributed by atoms with van der Waals surface area (Å²) in [6, 6.07) is 16.4. The lowest BCUT2D eigenvalue weighted by molar-refractivity contribution is 0.332. The number of benzene rings is 2. The van der Waals surface area contributed by atoms with Gasteiger partial charge in [-0.05, 0) is 67.7 Å². The zero-order valence-corrected chi connectivity index (χ0v) is 19.2. The lowest BCUT2D eigenvalue weighted by atomic mass is 9.83. The lowest BCUT2D eigenvalue weighted by Crippen LogP contribution is -2.32. The average Bonchev–Trinajstić information content (AvgIpc) is 3.25. The second kappa shape index (κ2) is 8.97. The topological polar surface area (TPSA) is 49.9 Å². The monoisotopic (exact) mass is 445 g/mol. The maximum absolute atomic E-state index is 6.74. The van der Waals surface area contributed by atoms with E-state index in [0.717, 1.165) is 51.5 Å². The van der Waals surface area contributed by atoms with Crippen molar-refractivity contribution in [2.24, 2.45) is 5.92 Å². The molecule has 2 atom stereocenters. The van der Waals surface area contributed by atoms with Gasteiger partial charge in [-0.2, -0.15) is 0 Å². The maximum Gasteiger partial charge on any atom is 0.118 e. The van der Waals surface area contributed by atoms with Crippen LogP contribution in [0.1, 0.15) is 31.4 Å². The van der Waals surface area contributed by atoms with E-state index in [-0.39, 0.29) is 0 Å². The van der Waals surface area contributed by atoms with E-state index in [1.807, 2.05) is 36.7 Å². The van der Waals surface area contributed by atoms with Gasteiger partial charge in [0.25, 0.3) is 0 Å². The van der Waals surface area contributed by atoms with Crippen molar-refractivity contribution in [2.75, 3.05) is 20.2 Å². The van der Waals surface area contributed by atoms with E-state index in [0.29, 0.717) is 11.8 Å². The first-order valence-electron chi connectivity index (χ1n) is 11.3. The molecule has 2 aromatic heterocycles. The van der Waals surface area contributed by atoms with Crippen LogP contribution in [0.2, 0.25) is 5.02 Å². The molecule has 5 rings (SSSR count). The van der Waals surface area contributed by atoms with Crippen molar-refractivity contribution in [3.05, 3.63) is 71.6 Å². The molecule has 4 aromatic rings. The predicted molar refractivity (Wildman–Crippen MR) is 133 cm³/mol. The van der Waals surface area contributed by atoms with Gasteiger partial charge in [0.1, 0.15) is 5.75 Å². The van der Waals surface area contributed by atoms with Crippen molar-refractivity contribution in [1.82, 2.24) is 15.3 Å². The summed E-state index contributed by atoms with van der Waals surface area (Å²) in [6.45, 7) is 4.50. The maximum atomic E-state index is 6.74. The SMILES string of the molecule is COc1ccc(-c2cncc(-c3c(C(C)C4CCCNC4)[nH]c4cccc(Cl)c34)c2)cc1. The van der Waals surface area contributed by atoms with E-state index in [9.17, 15) is 0 Å². The Morgan fingerprint density at radius 1 is 1.06 bits per heavy atom. The van der Waals surface area contributed by atoms with Gasteiger partial charge < -0.3 is 15.0 Å². The third-order valence-electron chi connectivity index (χ3n) is 6.75. The van der Waals surface area contributed by atoms with Gasteiger partial charge in [-0.1, -0.05) is 36.7 Å². The highest BCUT2D eigenvalue weighted by Gasteiger charge is 2.27. The summed E-state index contributed by atoms with van der Waals surface area (Å²) in [4.78, 5) is 8.33. The summed E-state index contributed by atoms with van der Waals surface area (Å²) < 4.78 is 5.31. The van der Waals surface area contributed by atoms with Gasteiger partial charge in [0.15, 0.2) is 0 Å². The molecule has 3 heterocycles. The van der Waals surface area contributed by atoms with Crippen LogP contribution in [0.25, 0.3) is 33.2 Å². The van der Waals surface area contributed by atoms with Gasteiger partial charge in [0.05, 0.1) is 12.1 Å². The Balaban J connectivity index is 1.64. The Hall–Kier alpha value is -2.82. The predicted octanol–water partition coefficient (Wildman–Crippen LogP) is 6.66. The number of rotatable bonds is 5. The third-order valence-corrected chi connectivity index (χ3v) is 7.06. The minimum atomic E-state index is 0.380. The van der Waals surface area contributed by atoms with Crippen LogP contribution in [0.5, 0.6) is 5.75 Å². The van der Waals surface area contributed by atoms with Crippen LogP contribution in [0, 0.1) is 5.92 Å². The second-order valence-electron chi connectivity index (χ2n) is 8.66. The zero-order valence-electron chi connectivity index (χ0n) is 18.5. The van der Waals surface area contributed by atoms with Gasteiger partial charge in [0, 0.05) is 51.6 Å². The molecule has 2 aromatic carbocycles. The molecule has 1 saturated heterocycles. The van der Waals surface area contributed by atoms with E-state index >= 15 is 0 Å². The number of ether oxygens (including phenoxy) is 1. The van der Waals surface area contributed by atoms with Crippen molar-refractivity contribution >= 4 is 22.5 Å². The number of pyridine rings is 1. The second-order valence-corrected chi connectivity index (χ2v) is 9.07. The normalized spacial score (nSPS) is 17.4. The highest BCUT2D eigenvalue weighted by Crippen LogP contribution is 2.43. The number of piperidine rings is 1. The third kappa shape index (κ3) is 3.89. The highest BCUT2D eigenvalue weighted by atomic mass is 35.5. The Morgan fingerprint density at radius 2 is 1.88 bits per heavy atom. The number of halogens is 1. The summed E-state index contributed by atoms with van der Waals surface area (Å²) in [6.07, 6.45) is 6.32. The van der Waals surface area contributed by atoms with Crippen molar-refractivity contribution in [1.29, 1.82) is 0 Å². The van der Waals surface area contributed by atoms with E-state index in [4.69, 9.17) is 16.3 Å². The number of methoxy groups -OCH3 is 1. The van der Waals surface area contributed by atoms with Crippen molar-refractivity contribution in [3.63, 3.8) is 0 Å². The lowest BCUT2D eigenvalue weighted by Gasteiger charge is -2.28. The summed E-state index contributed by atoms with van der Waals surface area (Å²) in [5, 5.41) is 5.41. The Bertz CT molecular complexity index is 1230. The van der Waals surface area contributed by atoms with E-state index in [2.05, 4.69) is 46.5 Å². The first-order chi connectivity index (χ1) is 15.7. The van der Waals surface area contributed by atoms with Crippen LogP contribution in [0.3, 0.4) is 0 Å². The fourth-order valence-corrected chi connectivity index (χ4v) is 5.19. The smallest absolute Gasteiger partial charge is 0.118 e. The van der Waals surface area contributed by atoms with Gasteiger partial charge in [-0.25, -0.2) is 0 Å². The number of hydrogen-bond donors (Lipinski definition) is 2. The van der Waals surface area contributed by atoms with Gasteiger partial charge in [-0.3, -0.25) is 4.98 Å². The molecule has 2 unspecified atom stereocenters. The zero-order chi connectivity index (χ0) is 22.1. The summed E-state index contributed by atoms with van der Waals surface area (Å²) >= 11 is 6.74. The standard InChI is InChI=1S/C27H28ClN3O/c1-17(19-5-4-12-29-14-19)27-25(26-23(28)6-3-7-24(26)31-27)21-13-20(15-30-16-21)18-8-10-22(32-2)11-9-18/h3,6-11,13,15-17,19,29,31H,4-5,12,14H2,1-2H3. The van der Waals surface area contributed by atoms with Gasteiger partial charge >= 0.3 is 0 Å². The van der Waals surface area contributed by atoms with Gasteiger partial charge in [-0.15, -0.1) is 0 Å². The number of aromatic amines is 1. The van der Waals surface area contributed by atoms with Crippen LogP contribution < -0.4 is 10.1 Å². The quantitative estimate of drug-likeness (QED) is 0.361. The van der Waals surface area contributed by atoms with Crippen LogP contribution in [-0.2, 0) is 0 Å².